The second kappa shape index (κ2) is 8.58. The lowest BCUT2D eigenvalue weighted by Crippen LogP contribution is -2.45. The first-order valence-corrected chi connectivity index (χ1v) is 5.34. The maximum absolute atomic E-state index is 11.5. The van der Waals surface area contributed by atoms with Crippen molar-refractivity contribution >= 4 is 11.9 Å². The third kappa shape index (κ3) is 5.35. The van der Waals surface area contributed by atoms with Gasteiger partial charge in [-0.2, -0.15) is 0 Å². The fourth-order valence-electron chi connectivity index (χ4n) is 1.31. The van der Waals surface area contributed by atoms with Gasteiger partial charge in [0.2, 0.25) is 0 Å². The summed E-state index contributed by atoms with van der Waals surface area (Å²) >= 11 is 0. The van der Waals surface area contributed by atoms with Crippen LogP contribution in [0.15, 0.2) is 12.3 Å². The molecule has 17 heavy (non-hydrogen) atoms. The lowest BCUT2D eigenvalue weighted by atomic mass is 10.0. The van der Waals surface area contributed by atoms with E-state index in [0.717, 1.165) is 0 Å². The number of hydrogen-bond donors (Lipinski definition) is 2. The molecule has 0 radical (unpaired) electrons. The second-order valence-corrected chi connectivity index (χ2v) is 3.30. The smallest absolute Gasteiger partial charge is 0.322 e. The van der Waals surface area contributed by atoms with E-state index in [2.05, 4.69) is 5.32 Å². The molecule has 98 valence electrons. The molecule has 0 saturated carbocycles. The van der Waals surface area contributed by atoms with Crippen molar-refractivity contribution < 1.29 is 24.2 Å². The highest BCUT2D eigenvalue weighted by atomic mass is 16.5. The van der Waals surface area contributed by atoms with Crippen LogP contribution in [-0.2, 0) is 19.1 Å². The molecule has 0 aliphatic heterocycles. The van der Waals surface area contributed by atoms with E-state index in [1.807, 2.05) is 0 Å². The molecule has 2 atom stereocenters. The average Bonchev–Trinajstić information content (AvgIpc) is 2.26. The molecule has 0 spiro atoms. The fourth-order valence-corrected chi connectivity index (χ4v) is 1.31. The number of carbonyl (C=O) groups excluding carboxylic acids is 1. The van der Waals surface area contributed by atoms with Gasteiger partial charge in [0.25, 0.3) is 0 Å². The molecule has 0 aliphatic carbocycles. The van der Waals surface area contributed by atoms with Crippen LogP contribution in [0.25, 0.3) is 0 Å². The van der Waals surface area contributed by atoms with Crippen LogP contribution in [0.3, 0.4) is 0 Å². The van der Waals surface area contributed by atoms with Crippen molar-refractivity contribution in [1.29, 1.82) is 0 Å². The molecule has 0 rings (SSSR count). The molecule has 0 aliphatic rings. The molecule has 0 aromatic carbocycles. The van der Waals surface area contributed by atoms with Gasteiger partial charge in [0.1, 0.15) is 0 Å². The van der Waals surface area contributed by atoms with Gasteiger partial charge in [-0.15, -0.1) is 0 Å². The van der Waals surface area contributed by atoms with Gasteiger partial charge in [-0.3, -0.25) is 9.59 Å². The molecule has 2 N–H and O–H groups in total. The van der Waals surface area contributed by atoms with Gasteiger partial charge in [-0.1, -0.05) is 6.08 Å². The van der Waals surface area contributed by atoms with Crippen molar-refractivity contribution in [3.63, 3.8) is 0 Å². The maximum atomic E-state index is 11.5. The predicted octanol–water partition coefficient (Wildman–Crippen LogP) is 0.388. The zero-order valence-corrected chi connectivity index (χ0v) is 10.3. The van der Waals surface area contributed by atoms with Crippen LogP contribution in [-0.4, -0.2) is 43.4 Å². The highest BCUT2D eigenvalue weighted by molar-refractivity contribution is 5.94. The number of nitrogens with one attached hydrogen (secondary N) is 1. The summed E-state index contributed by atoms with van der Waals surface area (Å²) in [5.41, 5.74) is 0. The normalized spacial score (nSPS) is 14.3. The number of carboxylic acids is 1. The van der Waals surface area contributed by atoms with Gasteiger partial charge in [0, 0.05) is 7.11 Å². The van der Waals surface area contributed by atoms with E-state index in [0.29, 0.717) is 0 Å². The minimum Gasteiger partial charge on any atom is -0.481 e. The number of carboxylic acid groups (broad SMARTS) is 1. The van der Waals surface area contributed by atoms with E-state index in [-0.39, 0.29) is 13.2 Å². The number of carbonyl (C=O) groups is 2. The lowest BCUT2D eigenvalue weighted by molar-refractivity contribution is -0.160. The Labute approximate surface area is 101 Å². The SMILES string of the molecule is C/C=C\NC(COC)C(C(=O)O)C(=O)OCC. The van der Waals surface area contributed by atoms with E-state index >= 15 is 0 Å². The predicted molar refractivity (Wildman–Crippen MR) is 61.4 cm³/mol. The van der Waals surface area contributed by atoms with Crippen LogP contribution in [0.1, 0.15) is 13.8 Å². The van der Waals surface area contributed by atoms with Crippen LogP contribution in [0.4, 0.5) is 0 Å². The molecule has 6 nitrogen and oxygen atoms in total. The molecule has 0 aromatic heterocycles. The van der Waals surface area contributed by atoms with E-state index in [1.165, 1.54) is 7.11 Å². The van der Waals surface area contributed by atoms with Crippen molar-refractivity contribution in [3.05, 3.63) is 12.3 Å². The van der Waals surface area contributed by atoms with Crippen LogP contribution in [0.2, 0.25) is 0 Å². The number of rotatable bonds is 8. The first-order valence-electron chi connectivity index (χ1n) is 5.34. The standard InChI is InChI=1S/C11H19NO5/c1-4-6-12-8(7-16-3)9(10(13)14)11(15)17-5-2/h4,6,8-9,12H,5,7H2,1-3H3,(H,13,14)/b6-4-. The highest BCUT2D eigenvalue weighted by Gasteiger charge is 2.35. The number of ether oxygens (including phenoxy) is 2. The molecule has 0 heterocycles. The zero-order valence-electron chi connectivity index (χ0n) is 10.3. The van der Waals surface area contributed by atoms with E-state index in [4.69, 9.17) is 14.6 Å². The van der Waals surface area contributed by atoms with E-state index < -0.39 is 23.9 Å². The summed E-state index contributed by atoms with van der Waals surface area (Å²) in [6.07, 6.45) is 3.27. The average molecular weight is 245 g/mol. The fraction of sp³-hybridized carbons (Fsp3) is 0.636. The first kappa shape index (κ1) is 15.4. The Kier molecular flexibility index (Phi) is 7.79. The van der Waals surface area contributed by atoms with Gasteiger partial charge in [-0.25, -0.2) is 0 Å². The number of methoxy groups -OCH3 is 1. The van der Waals surface area contributed by atoms with Crippen molar-refractivity contribution in [3.8, 4) is 0 Å². The summed E-state index contributed by atoms with van der Waals surface area (Å²) in [6, 6.07) is -0.659. The Morgan fingerprint density at radius 1 is 1.47 bits per heavy atom. The van der Waals surface area contributed by atoms with Crippen LogP contribution >= 0.6 is 0 Å². The Morgan fingerprint density at radius 3 is 2.53 bits per heavy atom. The molecule has 0 saturated heterocycles. The van der Waals surface area contributed by atoms with E-state index in [1.54, 1.807) is 26.1 Å². The minimum absolute atomic E-state index is 0.0973. The monoisotopic (exact) mass is 245 g/mol. The highest BCUT2D eigenvalue weighted by Crippen LogP contribution is 2.08. The summed E-state index contributed by atoms with van der Waals surface area (Å²) < 4.78 is 9.63. The molecule has 0 bridgehead atoms. The van der Waals surface area contributed by atoms with Crippen LogP contribution < -0.4 is 5.32 Å². The largest absolute Gasteiger partial charge is 0.481 e. The zero-order chi connectivity index (χ0) is 13.3. The van der Waals surface area contributed by atoms with E-state index in [9.17, 15) is 9.59 Å². The molecule has 0 fully saturated rings. The Bertz CT molecular complexity index is 277. The summed E-state index contributed by atoms with van der Waals surface area (Å²) in [5.74, 6) is -3.28. The summed E-state index contributed by atoms with van der Waals surface area (Å²) in [6.45, 7) is 3.64. The Morgan fingerprint density at radius 2 is 2.12 bits per heavy atom. The maximum Gasteiger partial charge on any atom is 0.322 e. The van der Waals surface area contributed by atoms with Gasteiger partial charge >= 0.3 is 11.9 Å². The third-order valence-electron chi connectivity index (χ3n) is 2.03. The van der Waals surface area contributed by atoms with Crippen molar-refractivity contribution in [2.75, 3.05) is 20.3 Å². The molecular formula is C11H19NO5. The molecule has 2 unspecified atom stereocenters. The molecular weight excluding hydrogens is 226 g/mol. The van der Waals surface area contributed by atoms with Gasteiger partial charge in [0.15, 0.2) is 5.92 Å². The Hall–Kier alpha value is -1.56. The van der Waals surface area contributed by atoms with Crippen molar-refractivity contribution in [2.45, 2.75) is 19.9 Å². The van der Waals surface area contributed by atoms with Gasteiger partial charge < -0.3 is 19.9 Å². The number of esters is 1. The van der Waals surface area contributed by atoms with Crippen molar-refractivity contribution in [1.82, 2.24) is 5.32 Å². The van der Waals surface area contributed by atoms with Crippen molar-refractivity contribution in [2.24, 2.45) is 5.92 Å². The molecule has 0 amide bonds. The third-order valence-corrected chi connectivity index (χ3v) is 2.03. The topological polar surface area (TPSA) is 84.9 Å². The molecule has 6 heteroatoms. The summed E-state index contributed by atoms with van der Waals surface area (Å²) in [7, 11) is 1.44. The van der Waals surface area contributed by atoms with Gasteiger partial charge in [0.05, 0.1) is 19.3 Å². The quantitative estimate of drug-likeness (QED) is 0.475. The second-order valence-electron chi connectivity index (χ2n) is 3.30. The summed E-state index contributed by atoms with van der Waals surface area (Å²) in [4.78, 5) is 22.6. The van der Waals surface area contributed by atoms with Gasteiger partial charge in [-0.05, 0) is 20.0 Å². The number of hydrogen-bond acceptors (Lipinski definition) is 5. The number of aliphatic carboxylic acids is 1. The number of allylic oxidation sites excluding steroid dienone is 1. The van der Waals surface area contributed by atoms with Crippen LogP contribution in [0, 0.1) is 5.92 Å². The first-order chi connectivity index (χ1) is 8.08. The van der Waals surface area contributed by atoms with Crippen LogP contribution in [0.5, 0.6) is 0 Å². The molecule has 0 aromatic rings. The lowest BCUT2D eigenvalue weighted by Gasteiger charge is -2.22. The Balaban J connectivity index is 4.81. The summed E-state index contributed by atoms with van der Waals surface area (Å²) in [5, 5.41) is 11.9. The minimum atomic E-state index is -1.29.